The van der Waals surface area contributed by atoms with E-state index in [0.29, 0.717) is 22.1 Å². The van der Waals surface area contributed by atoms with Crippen LogP contribution < -0.4 is 5.32 Å². The monoisotopic (exact) mass is 401 g/mol. The Labute approximate surface area is 166 Å². The fourth-order valence-electron chi connectivity index (χ4n) is 3.28. The Morgan fingerprint density at radius 2 is 2.26 bits per heavy atom. The van der Waals surface area contributed by atoms with Gasteiger partial charge in [-0.15, -0.1) is 11.3 Å². The largest absolute Gasteiger partial charge is 0.301 e. The molecule has 4 rings (SSSR count). The quantitative estimate of drug-likeness (QED) is 0.722. The second-order valence-electron chi connectivity index (χ2n) is 6.58. The molecule has 0 aliphatic carbocycles. The number of amides is 1. The van der Waals surface area contributed by atoms with Gasteiger partial charge in [0.1, 0.15) is 0 Å². The second kappa shape index (κ2) is 7.42. The summed E-state index contributed by atoms with van der Waals surface area (Å²) in [6.07, 6.45) is 3.20. The van der Waals surface area contributed by atoms with Gasteiger partial charge < -0.3 is 4.90 Å². The van der Waals surface area contributed by atoms with Gasteiger partial charge in [0.15, 0.2) is 5.13 Å². The molecule has 1 aliphatic heterocycles. The Hall–Kier alpha value is -2.22. The number of halogens is 1. The number of hydrogen-bond acceptors (Lipinski definition) is 5. The molecule has 8 heteroatoms. The van der Waals surface area contributed by atoms with E-state index in [1.54, 1.807) is 22.2 Å². The third-order valence-corrected chi connectivity index (χ3v) is 5.88. The van der Waals surface area contributed by atoms with E-state index in [2.05, 4.69) is 27.3 Å². The van der Waals surface area contributed by atoms with Crippen molar-refractivity contribution in [1.82, 2.24) is 19.7 Å². The van der Waals surface area contributed by atoms with Gasteiger partial charge in [0, 0.05) is 29.4 Å². The highest BCUT2D eigenvalue weighted by Gasteiger charge is 2.22. The van der Waals surface area contributed by atoms with Crippen LogP contribution >= 0.6 is 22.9 Å². The number of anilines is 1. The van der Waals surface area contributed by atoms with Gasteiger partial charge in [0.2, 0.25) is 0 Å². The topological polar surface area (TPSA) is 63.1 Å². The number of rotatable bonds is 4. The average molecular weight is 402 g/mol. The predicted octanol–water partition coefficient (Wildman–Crippen LogP) is 3.78. The third-order valence-electron chi connectivity index (χ3n) is 4.64. The molecule has 0 unspecified atom stereocenters. The molecule has 0 atom stereocenters. The van der Waals surface area contributed by atoms with Crippen molar-refractivity contribution in [3.8, 4) is 5.69 Å². The Morgan fingerprint density at radius 3 is 3.04 bits per heavy atom. The molecule has 1 N–H and O–H groups in total. The Morgan fingerprint density at radius 1 is 1.41 bits per heavy atom. The van der Waals surface area contributed by atoms with Gasteiger partial charge >= 0.3 is 0 Å². The maximum absolute atomic E-state index is 12.8. The lowest BCUT2D eigenvalue weighted by atomic mass is 10.2. The molecule has 27 heavy (non-hydrogen) atoms. The maximum atomic E-state index is 12.8. The van der Waals surface area contributed by atoms with E-state index in [9.17, 15) is 4.79 Å². The number of nitrogens with one attached hydrogen (secondary N) is 1. The minimum atomic E-state index is -0.181. The van der Waals surface area contributed by atoms with Crippen molar-refractivity contribution in [3.05, 3.63) is 57.3 Å². The summed E-state index contributed by atoms with van der Waals surface area (Å²) in [7, 11) is 2.10. The molecule has 0 radical (unpaired) electrons. The normalized spacial score (nSPS) is 14.2. The summed E-state index contributed by atoms with van der Waals surface area (Å²) < 4.78 is 1.77. The molecule has 6 nitrogen and oxygen atoms in total. The summed E-state index contributed by atoms with van der Waals surface area (Å²) in [6, 6.07) is 7.44. The molecular weight excluding hydrogens is 382 g/mol. The first-order chi connectivity index (χ1) is 13.0. The summed E-state index contributed by atoms with van der Waals surface area (Å²) in [5, 5.41) is 8.65. The van der Waals surface area contributed by atoms with Crippen LogP contribution in [0.3, 0.4) is 0 Å². The van der Waals surface area contributed by atoms with Crippen molar-refractivity contribution < 1.29 is 4.79 Å². The number of thiazole rings is 1. The van der Waals surface area contributed by atoms with Gasteiger partial charge in [-0.1, -0.05) is 24.6 Å². The summed E-state index contributed by atoms with van der Waals surface area (Å²) in [6.45, 7) is 3.89. The van der Waals surface area contributed by atoms with Gasteiger partial charge in [-0.25, -0.2) is 9.67 Å². The zero-order chi connectivity index (χ0) is 19.0. The number of benzene rings is 1. The molecule has 140 valence electrons. The molecule has 0 saturated heterocycles. The van der Waals surface area contributed by atoms with Crippen LogP contribution in [0.5, 0.6) is 0 Å². The molecule has 2 aromatic heterocycles. The van der Waals surface area contributed by atoms with Crippen LogP contribution in [-0.4, -0.2) is 39.2 Å². The first-order valence-corrected chi connectivity index (χ1v) is 10.1. The lowest BCUT2D eigenvalue weighted by Crippen LogP contribution is -2.25. The average Bonchev–Trinajstić information content (AvgIpc) is 3.24. The van der Waals surface area contributed by atoms with Gasteiger partial charge in [-0.3, -0.25) is 10.1 Å². The van der Waals surface area contributed by atoms with Crippen molar-refractivity contribution in [2.75, 3.05) is 18.9 Å². The molecular formula is C19H20ClN5OS. The standard InChI is InChI=1S/C19H20ClN5OS/c1-3-16-14(10-21-25(16)13-6-4-5-12(20)9-13)18(26)23-19-22-15-7-8-24(2)11-17(15)27-19/h4-6,9-10H,3,7-8,11H2,1-2H3,(H,22,23,26). The zero-order valence-electron chi connectivity index (χ0n) is 15.2. The smallest absolute Gasteiger partial charge is 0.260 e. The summed E-state index contributed by atoms with van der Waals surface area (Å²) >= 11 is 7.65. The molecule has 1 aromatic carbocycles. The van der Waals surface area contributed by atoms with Crippen LogP contribution in [0.2, 0.25) is 5.02 Å². The van der Waals surface area contributed by atoms with Crippen LogP contribution in [0.1, 0.15) is 33.5 Å². The lowest BCUT2D eigenvalue weighted by Gasteiger charge is -2.20. The summed E-state index contributed by atoms with van der Waals surface area (Å²) in [5.41, 5.74) is 3.34. The molecule has 0 spiro atoms. The molecule has 1 aliphatic rings. The number of aromatic nitrogens is 3. The van der Waals surface area contributed by atoms with Crippen molar-refractivity contribution in [2.45, 2.75) is 26.3 Å². The molecule has 0 saturated carbocycles. The summed E-state index contributed by atoms with van der Waals surface area (Å²) in [5.74, 6) is -0.181. The SMILES string of the molecule is CCc1c(C(=O)Nc2nc3c(s2)CN(C)CC3)cnn1-c1cccc(Cl)c1. The minimum Gasteiger partial charge on any atom is -0.301 e. The van der Waals surface area contributed by atoms with Crippen LogP contribution in [-0.2, 0) is 19.4 Å². The molecule has 3 aromatic rings. The van der Waals surface area contributed by atoms with E-state index in [-0.39, 0.29) is 5.91 Å². The van der Waals surface area contributed by atoms with Gasteiger partial charge in [-0.2, -0.15) is 5.10 Å². The maximum Gasteiger partial charge on any atom is 0.260 e. The zero-order valence-corrected chi connectivity index (χ0v) is 16.8. The number of nitrogens with zero attached hydrogens (tertiary/aromatic N) is 4. The van der Waals surface area contributed by atoms with Gasteiger partial charge in [0.05, 0.1) is 28.8 Å². The highest BCUT2D eigenvalue weighted by atomic mass is 35.5. The third kappa shape index (κ3) is 3.63. The van der Waals surface area contributed by atoms with Crippen LogP contribution in [0.25, 0.3) is 5.69 Å². The van der Waals surface area contributed by atoms with E-state index in [1.165, 1.54) is 4.88 Å². The molecule has 1 amide bonds. The fourth-order valence-corrected chi connectivity index (χ4v) is 4.54. The van der Waals surface area contributed by atoms with Crippen molar-refractivity contribution >= 4 is 34.0 Å². The second-order valence-corrected chi connectivity index (χ2v) is 8.10. The van der Waals surface area contributed by atoms with Crippen LogP contribution in [0, 0.1) is 0 Å². The van der Waals surface area contributed by atoms with Crippen molar-refractivity contribution in [3.63, 3.8) is 0 Å². The number of likely N-dealkylation sites (N-methyl/N-ethyl adjacent to an activating group) is 1. The Bertz CT molecular complexity index is 996. The van der Waals surface area contributed by atoms with E-state index in [1.807, 2.05) is 31.2 Å². The Balaban J connectivity index is 1.59. The first kappa shape index (κ1) is 18.2. The van der Waals surface area contributed by atoms with E-state index in [0.717, 1.165) is 36.6 Å². The molecule has 3 heterocycles. The lowest BCUT2D eigenvalue weighted by molar-refractivity contribution is 0.102. The van der Waals surface area contributed by atoms with E-state index >= 15 is 0 Å². The number of hydrogen-bond donors (Lipinski definition) is 1. The highest BCUT2D eigenvalue weighted by Crippen LogP contribution is 2.28. The number of carbonyl (C=O) groups excluding carboxylic acids is 1. The van der Waals surface area contributed by atoms with Gasteiger partial charge in [0.25, 0.3) is 5.91 Å². The van der Waals surface area contributed by atoms with E-state index < -0.39 is 0 Å². The van der Waals surface area contributed by atoms with Crippen molar-refractivity contribution in [1.29, 1.82) is 0 Å². The minimum absolute atomic E-state index is 0.181. The fraction of sp³-hybridized carbons (Fsp3) is 0.316. The number of fused-ring (bicyclic) bond motifs is 1. The summed E-state index contributed by atoms with van der Waals surface area (Å²) in [4.78, 5) is 20.9. The molecule has 0 fully saturated rings. The first-order valence-electron chi connectivity index (χ1n) is 8.86. The Kier molecular flexibility index (Phi) is 4.99. The van der Waals surface area contributed by atoms with Crippen LogP contribution in [0.4, 0.5) is 5.13 Å². The van der Waals surface area contributed by atoms with E-state index in [4.69, 9.17) is 11.6 Å². The predicted molar refractivity (Wildman–Crippen MR) is 108 cm³/mol. The highest BCUT2D eigenvalue weighted by molar-refractivity contribution is 7.15. The van der Waals surface area contributed by atoms with Crippen LogP contribution in [0.15, 0.2) is 30.5 Å². The van der Waals surface area contributed by atoms with Crippen molar-refractivity contribution in [2.24, 2.45) is 0 Å². The molecule has 0 bridgehead atoms. The number of carbonyl (C=O) groups is 1. The van der Waals surface area contributed by atoms with Gasteiger partial charge in [-0.05, 0) is 31.7 Å².